The Balaban J connectivity index is 1.41. The average molecular weight is 489 g/mol. The first-order chi connectivity index (χ1) is 17.5. The smallest absolute Gasteiger partial charge is 0.252 e. The van der Waals surface area contributed by atoms with E-state index in [4.69, 9.17) is 23.9 Å². The van der Waals surface area contributed by atoms with E-state index in [1.165, 1.54) is 0 Å². The average Bonchev–Trinajstić information content (AvgIpc) is 3.35. The third kappa shape index (κ3) is 4.64. The summed E-state index contributed by atoms with van der Waals surface area (Å²) in [5.74, 6) is 2.40. The number of nitrogens with one attached hydrogen (secondary N) is 1. The molecule has 1 N–H and O–H groups in total. The maximum absolute atomic E-state index is 13.3. The van der Waals surface area contributed by atoms with Crippen molar-refractivity contribution in [3.05, 3.63) is 60.3 Å². The van der Waals surface area contributed by atoms with Crippen molar-refractivity contribution >= 4 is 16.9 Å². The second-order valence-corrected chi connectivity index (χ2v) is 8.59. The van der Waals surface area contributed by atoms with Crippen molar-refractivity contribution < 1.29 is 23.7 Å². The van der Waals surface area contributed by atoms with Crippen LogP contribution in [0, 0.1) is 0 Å². The normalized spacial score (nSPS) is 12.6. The van der Waals surface area contributed by atoms with Crippen LogP contribution in [0.3, 0.4) is 0 Å². The van der Waals surface area contributed by atoms with Gasteiger partial charge in [0.15, 0.2) is 28.6 Å². The number of carbonyl (C=O) groups is 1. The van der Waals surface area contributed by atoms with E-state index in [1.807, 2.05) is 61.0 Å². The lowest BCUT2D eigenvalue weighted by molar-refractivity contribution is 0.0948. The molecule has 0 unspecified atom stereocenters. The van der Waals surface area contributed by atoms with Gasteiger partial charge in [-0.1, -0.05) is 12.1 Å². The van der Waals surface area contributed by atoms with Crippen LogP contribution in [0.1, 0.15) is 30.2 Å². The third-order valence-electron chi connectivity index (χ3n) is 5.85. The predicted octanol–water partition coefficient (Wildman–Crippen LogP) is 4.27. The summed E-state index contributed by atoms with van der Waals surface area (Å²) in [4.78, 5) is 18.1. The van der Waals surface area contributed by atoms with Crippen molar-refractivity contribution in [3.8, 4) is 34.3 Å². The summed E-state index contributed by atoms with van der Waals surface area (Å²) in [6.07, 6.45) is 1.69. The number of nitrogens with zero attached hydrogens (tertiary/aromatic N) is 3. The zero-order valence-electron chi connectivity index (χ0n) is 20.5. The number of fused-ring (bicyclic) bond motifs is 2. The van der Waals surface area contributed by atoms with Crippen LogP contribution in [0.5, 0.6) is 23.0 Å². The first-order valence-electron chi connectivity index (χ1n) is 11.9. The summed E-state index contributed by atoms with van der Waals surface area (Å²) >= 11 is 0. The molecule has 0 radical (unpaired) electrons. The Morgan fingerprint density at radius 1 is 1.08 bits per heavy atom. The molecule has 1 aliphatic rings. The van der Waals surface area contributed by atoms with Crippen molar-refractivity contribution in [2.75, 3.05) is 33.5 Å². The summed E-state index contributed by atoms with van der Waals surface area (Å²) in [5.41, 5.74) is 2.62. The number of rotatable bonds is 8. The molecule has 3 heterocycles. The number of hydrogen-bond donors (Lipinski definition) is 1. The Hall–Kier alpha value is -4.27. The minimum Gasteiger partial charge on any atom is -0.493 e. The molecule has 1 aliphatic heterocycles. The van der Waals surface area contributed by atoms with Gasteiger partial charge in [0.25, 0.3) is 5.91 Å². The van der Waals surface area contributed by atoms with E-state index >= 15 is 0 Å². The minimum atomic E-state index is -0.229. The molecule has 9 nitrogen and oxygen atoms in total. The summed E-state index contributed by atoms with van der Waals surface area (Å²) < 4.78 is 24.3. The zero-order valence-corrected chi connectivity index (χ0v) is 20.5. The molecule has 186 valence electrons. The van der Waals surface area contributed by atoms with Crippen LogP contribution in [-0.4, -0.2) is 54.1 Å². The van der Waals surface area contributed by atoms with Crippen LogP contribution in [0.2, 0.25) is 0 Å². The van der Waals surface area contributed by atoms with Gasteiger partial charge in [-0.05, 0) is 50.2 Å². The summed E-state index contributed by atoms with van der Waals surface area (Å²) in [6.45, 7) is 5.68. The molecule has 0 atom stereocenters. The van der Waals surface area contributed by atoms with Gasteiger partial charge >= 0.3 is 0 Å². The highest BCUT2D eigenvalue weighted by Crippen LogP contribution is 2.35. The minimum absolute atomic E-state index is 0.0793. The summed E-state index contributed by atoms with van der Waals surface area (Å²) in [7, 11) is 1.59. The Labute approximate surface area is 208 Å². The number of ether oxygens (including phenoxy) is 4. The first kappa shape index (κ1) is 23.5. The van der Waals surface area contributed by atoms with Gasteiger partial charge in [0.2, 0.25) is 0 Å². The van der Waals surface area contributed by atoms with Crippen LogP contribution in [0.4, 0.5) is 0 Å². The maximum atomic E-state index is 13.3. The molecule has 0 spiro atoms. The third-order valence-corrected chi connectivity index (χ3v) is 5.85. The van der Waals surface area contributed by atoms with Crippen molar-refractivity contribution in [3.63, 3.8) is 0 Å². The van der Waals surface area contributed by atoms with E-state index in [0.717, 1.165) is 5.56 Å². The quantitative estimate of drug-likeness (QED) is 0.370. The van der Waals surface area contributed by atoms with Crippen LogP contribution in [-0.2, 0) is 0 Å². The van der Waals surface area contributed by atoms with E-state index in [0.29, 0.717) is 71.7 Å². The van der Waals surface area contributed by atoms with Gasteiger partial charge in [0, 0.05) is 11.6 Å². The fourth-order valence-corrected chi connectivity index (χ4v) is 4.09. The second kappa shape index (κ2) is 10.2. The number of pyridine rings is 1. The molecule has 5 rings (SSSR count). The lowest BCUT2D eigenvalue weighted by atomic mass is 10.1. The molecule has 36 heavy (non-hydrogen) atoms. The van der Waals surface area contributed by atoms with Gasteiger partial charge in [0.1, 0.15) is 19.8 Å². The Morgan fingerprint density at radius 3 is 2.64 bits per heavy atom. The molecular weight excluding hydrogens is 460 g/mol. The SMILES string of the molecule is COc1ccccc1OCCNC(=O)c1cc(-c2ccc3c(c2)OCCO3)nc2c1cnn2C(C)C. The van der Waals surface area contributed by atoms with E-state index in [9.17, 15) is 4.79 Å². The molecule has 0 saturated heterocycles. The topological polar surface area (TPSA) is 96.7 Å². The van der Waals surface area contributed by atoms with Gasteiger partial charge in [0.05, 0.1) is 36.5 Å². The van der Waals surface area contributed by atoms with Gasteiger partial charge in [-0.25, -0.2) is 9.67 Å². The molecule has 9 heteroatoms. The number of methoxy groups -OCH3 is 1. The van der Waals surface area contributed by atoms with Gasteiger partial charge in [-0.2, -0.15) is 5.10 Å². The molecule has 2 aromatic carbocycles. The van der Waals surface area contributed by atoms with E-state index in [1.54, 1.807) is 19.4 Å². The van der Waals surface area contributed by atoms with Gasteiger partial charge in [-0.15, -0.1) is 0 Å². The highest BCUT2D eigenvalue weighted by atomic mass is 16.6. The van der Waals surface area contributed by atoms with Crippen molar-refractivity contribution in [2.45, 2.75) is 19.9 Å². The van der Waals surface area contributed by atoms with E-state index in [2.05, 4.69) is 10.4 Å². The Morgan fingerprint density at radius 2 is 1.86 bits per heavy atom. The van der Waals surface area contributed by atoms with Crippen LogP contribution in [0.15, 0.2) is 54.7 Å². The first-order valence-corrected chi connectivity index (χ1v) is 11.9. The largest absolute Gasteiger partial charge is 0.493 e. The number of carbonyl (C=O) groups excluding carboxylic acids is 1. The lowest BCUT2D eigenvalue weighted by Crippen LogP contribution is -2.28. The maximum Gasteiger partial charge on any atom is 0.252 e. The van der Waals surface area contributed by atoms with E-state index in [-0.39, 0.29) is 11.9 Å². The number of benzene rings is 2. The van der Waals surface area contributed by atoms with E-state index < -0.39 is 0 Å². The zero-order chi connectivity index (χ0) is 25.1. The predicted molar refractivity (Wildman–Crippen MR) is 135 cm³/mol. The molecule has 0 bridgehead atoms. The fraction of sp³-hybridized carbons (Fsp3) is 0.296. The van der Waals surface area contributed by atoms with Crippen molar-refractivity contribution in [2.24, 2.45) is 0 Å². The molecule has 2 aromatic heterocycles. The second-order valence-electron chi connectivity index (χ2n) is 8.59. The standard InChI is InChI=1S/C27H28N4O5/c1-17(2)31-26-20(16-29-31)19(27(32)28-10-11-34-23-7-5-4-6-22(23)33-3)15-21(30-26)18-8-9-24-25(14-18)36-13-12-35-24/h4-9,14-17H,10-13H2,1-3H3,(H,28,32). The summed E-state index contributed by atoms with van der Waals surface area (Å²) in [5, 5.41) is 8.13. The molecule has 0 saturated carbocycles. The van der Waals surface area contributed by atoms with Crippen LogP contribution in [0.25, 0.3) is 22.3 Å². The highest BCUT2D eigenvalue weighted by Gasteiger charge is 2.20. The Kier molecular flexibility index (Phi) is 6.62. The molecule has 0 fully saturated rings. The number of hydrogen-bond acceptors (Lipinski definition) is 7. The summed E-state index contributed by atoms with van der Waals surface area (Å²) in [6, 6.07) is 14.9. The monoisotopic (exact) mass is 488 g/mol. The molecular formula is C27H28N4O5. The van der Waals surface area contributed by atoms with Crippen molar-refractivity contribution in [1.82, 2.24) is 20.1 Å². The molecule has 0 aliphatic carbocycles. The molecule has 4 aromatic rings. The number of amides is 1. The van der Waals surface area contributed by atoms with Crippen LogP contribution >= 0.6 is 0 Å². The lowest BCUT2D eigenvalue weighted by Gasteiger charge is -2.19. The van der Waals surface area contributed by atoms with Crippen molar-refractivity contribution in [1.29, 1.82) is 0 Å². The Bertz CT molecular complexity index is 1400. The highest BCUT2D eigenvalue weighted by molar-refractivity contribution is 6.06. The molecule has 1 amide bonds. The van der Waals surface area contributed by atoms with Crippen LogP contribution < -0.4 is 24.3 Å². The number of para-hydroxylation sites is 2. The number of aromatic nitrogens is 3. The van der Waals surface area contributed by atoms with Gasteiger partial charge in [-0.3, -0.25) is 4.79 Å². The fourth-order valence-electron chi connectivity index (χ4n) is 4.09. The van der Waals surface area contributed by atoms with Gasteiger partial charge < -0.3 is 24.3 Å².